The Labute approximate surface area is 234 Å². The Bertz CT molecular complexity index is 1530. The fourth-order valence-electron chi connectivity index (χ4n) is 4.46. The molecule has 0 aliphatic carbocycles. The van der Waals surface area contributed by atoms with Crippen molar-refractivity contribution >= 4 is 34.7 Å². The summed E-state index contributed by atoms with van der Waals surface area (Å²) in [5.74, 6) is 2.40. The highest BCUT2D eigenvalue weighted by atomic mass is 32.2. The van der Waals surface area contributed by atoms with Crippen molar-refractivity contribution in [3.05, 3.63) is 90.0 Å². The third-order valence-corrected chi connectivity index (χ3v) is 8.27. The third-order valence-electron chi connectivity index (χ3n) is 6.49. The van der Waals surface area contributed by atoms with Gasteiger partial charge in [-0.25, -0.2) is 4.98 Å². The molecule has 0 bridgehead atoms. The SMILES string of the molecule is COc1ccc(N2CCN(C(=O)c3coc(CSc4nnc(-c5cccs5)n4-c4ccccc4)n3)CC2)cc1. The van der Waals surface area contributed by atoms with Crippen LogP contribution in [0.4, 0.5) is 5.69 Å². The average molecular weight is 559 g/mol. The number of ether oxygens (including phenoxy) is 1. The maximum atomic E-state index is 13.1. The van der Waals surface area contributed by atoms with E-state index in [9.17, 15) is 4.79 Å². The van der Waals surface area contributed by atoms with Crippen molar-refractivity contribution in [1.29, 1.82) is 0 Å². The van der Waals surface area contributed by atoms with E-state index in [4.69, 9.17) is 9.15 Å². The van der Waals surface area contributed by atoms with Gasteiger partial charge in [-0.05, 0) is 47.8 Å². The number of benzene rings is 2. The van der Waals surface area contributed by atoms with Crippen LogP contribution < -0.4 is 9.64 Å². The smallest absolute Gasteiger partial charge is 0.275 e. The number of hydrogen-bond acceptors (Lipinski definition) is 9. The molecule has 1 saturated heterocycles. The lowest BCUT2D eigenvalue weighted by atomic mass is 10.2. The van der Waals surface area contributed by atoms with E-state index in [1.165, 1.54) is 18.0 Å². The fraction of sp³-hybridized carbons (Fsp3) is 0.214. The number of carbonyl (C=O) groups is 1. The summed E-state index contributed by atoms with van der Waals surface area (Å²) in [6, 6.07) is 22.0. The van der Waals surface area contributed by atoms with Gasteiger partial charge < -0.3 is 19.0 Å². The third kappa shape index (κ3) is 5.41. The Kier molecular flexibility index (Phi) is 7.33. The van der Waals surface area contributed by atoms with Gasteiger partial charge in [-0.15, -0.1) is 21.5 Å². The number of hydrogen-bond donors (Lipinski definition) is 0. The van der Waals surface area contributed by atoms with E-state index < -0.39 is 0 Å². The first-order chi connectivity index (χ1) is 19.2. The van der Waals surface area contributed by atoms with Gasteiger partial charge >= 0.3 is 0 Å². The number of piperazine rings is 1. The van der Waals surface area contributed by atoms with Crippen LogP contribution in [0.25, 0.3) is 16.4 Å². The summed E-state index contributed by atoms with van der Waals surface area (Å²) in [6.45, 7) is 2.74. The molecule has 0 saturated carbocycles. The number of carbonyl (C=O) groups excluding carboxylic acids is 1. The summed E-state index contributed by atoms with van der Waals surface area (Å²) in [4.78, 5) is 22.7. The lowest BCUT2D eigenvalue weighted by molar-refractivity contribution is 0.0741. The molecule has 198 valence electrons. The number of anilines is 1. The molecule has 39 heavy (non-hydrogen) atoms. The first-order valence-corrected chi connectivity index (χ1v) is 14.4. The highest BCUT2D eigenvalue weighted by molar-refractivity contribution is 7.98. The second-order valence-corrected chi connectivity index (χ2v) is 10.7. The maximum absolute atomic E-state index is 13.1. The lowest BCUT2D eigenvalue weighted by Gasteiger charge is -2.35. The van der Waals surface area contributed by atoms with E-state index in [1.54, 1.807) is 18.4 Å². The topological polar surface area (TPSA) is 89.5 Å². The quantitative estimate of drug-likeness (QED) is 0.239. The van der Waals surface area contributed by atoms with Crippen molar-refractivity contribution in [2.24, 2.45) is 0 Å². The van der Waals surface area contributed by atoms with Crippen molar-refractivity contribution in [3.8, 4) is 22.1 Å². The van der Waals surface area contributed by atoms with Crippen LogP contribution in [-0.2, 0) is 5.75 Å². The Hall–Kier alpha value is -4.09. The first-order valence-electron chi connectivity index (χ1n) is 12.5. The van der Waals surface area contributed by atoms with Gasteiger partial charge in [-0.2, -0.15) is 0 Å². The number of rotatable bonds is 8. The molecule has 9 nitrogen and oxygen atoms in total. The van der Waals surface area contributed by atoms with Gasteiger partial charge in [-0.1, -0.05) is 36.0 Å². The van der Waals surface area contributed by atoms with Gasteiger partial charge in [0.1, 0.15) is 12.0 Å². The molecule has 1 amide bonds. The summed E-state index contributed by atoms with van der Waals surface area (Å²) in [6.07, 6.45) is 1.45. The standard InChI is InChI=1S/C28H26N6O3S2/c1-36-22-11-9-20(10-12-22)32-13-15-33(16-14-32)27(35)23-18-37-25(29-23)19-39-28-31-30-26(24-8-5-17-38-24)34(28)21-6-3-2-4-7-21/h2-12,17-18H,13-16,19H2,1H3. The molecule has 4 heterocycles. The first kappa shape index (κ1) is 25.2. The lowest BCUT2D eigenvalue weighted by Crippen LogP contribution is -2.48. The summed E-state index contributed by atoms with van der Waals surface area (Å²) < 4.78 is 13.0. The predicted molar refractivity (Wildman–Crippen MR) is 152 cm³/mol. The molecule has 0 atom stereocenters. The number of thioether (sulfide) groups is 1. The number of thiophene rings is 1. The van der Waals surface area contributed by atoms with Crippen LogP contribution in [-0.4, -0.2) is 63.8 Å². The largest absolute Gasteiger partial charge is 0.497 e. The summed E-state index contributed by atoms with van der Waals surface area (Å²) in [7, 11) is 1.66. The molecule has 3 aromatic heterocycles. The van der Waals surface area contributed by atoms with Gasteiger partial charge in [0.25, 0.3) is 5.91 Å². The molecule has 1 aliphatic heterocycles. The molecular weight excluding hydrogens is 532 g/mol. The zero-order chi connectivity index (χ0) is 26.6. The zero-order valence-corrected chi connectivity index (χ0v) is 22.9. The number of nitrogens with zero attached hydrogens (tertiary/aromatic N) is 6. The molecule has 2 aromatic carbocycles. The van der Waals surface area contributed by atoms with Crippen LogP contribution in [0.15, 0.2) is 87.9 Å². The second-order valence-electron chi connectivity index (χ2n) is 8.85. The van der Waals surface area contributed by atoms with Crippen molar-refractivity contribution < 1.29 is 13.9 Å². The normalized spacial score (nSPS) is 13.6. The number of amides is 1. The molecule has 0 spiro atoms. The summed E-state index contributed by atoms with van der Waals surface area (Å²) in [5.41, 5.74) is 2.42. The predicted octanol–water partition coefficient (Wildman–Crippen LogP) is 5.25. The van der Waals surface area contributed by atoms with E-state index in [-0.39, 0.29) is 5.91 Å². The highest BCUT2D eigenvalue weighted by Crippen LogP contribution is 2.31. The second kappa shape index (κ2) is 11.3. The number of methoxy groups -OCH3 is 1. The maximum Gasteiger partial charge on any atom is 0.275 e. The summed E-state index contributed by atoms with van der Waals surface area (Å²) in [5, 5.41) is 11.7. The molecule has 11 heteroatoms. The fourth-order valence-corrected chi connectivity index (χ4v) is 5.97. The molecule has 6 rings (SSSR count). The van der Waals surface area contributed by atoms with Crippen molar-refractivity contribution in [2.75, 3.05) is 38.2 Å². The van der Waals surface area contributed by atoms with Crippen LogP contribution in [0.5, 0.6) is 5.75 Å². The average Bonchev–Trinajstić information content (AvgIpc) is 3.77. The molecule has 0 unspecified atom stereocenters. The van der Waals surface area contributed by atoms with Gasteiger partial charge in [-0.3, -0.25) is 9.36 Å². The molecule has 1 aliphatic rings. The van der Waals surface area contributed by atoms with Gasteiger partial charge in [0.15, 0.2) is 16.7 Å². The molecule has 1 fully saturated rings. The highest BCUT2D eigenvalue weighted by Gasteiger charge is 2.25. The number of oxazole rings is 1. The van der Waals surface area contributed by atoms with E-state index in [2.05, 4.69) is 20.1 Å². The Morgan fingerprint density at radius 2 is 1.77 bits per heavy atom. The van der Waals surface area contributed by atoms with Crippen LogP contribution in [0, 0.1) is 0 Å². The molecule has 5 aromatic rings. The number of aromatic nitrogens is 4. The monoisotopic (exact) mass is 558 g/mol. The van der Waals surface area contributed by atoms with Gasteiger partial charge in [0.05, 0.1) is 17.7 Å². The Morgan fingerprint density at radius 1 is 0.974 bits per heavy atom. The van der Waals surface area contributed by atoms with E-state index in [1.807, 2.05) is 81.6 Å². The van der Waals surface area contributed by atoms with E-state index in [0.717, 1.165) is 46.1 Å². The van der Waals surface area contributed by atoms with Crippen LogP contribution in [0.1, 0.15) is 16.4 Å². The van der Waals surface area contributed by atoms with Crippen molar-refractivity contribution in [3.63, 3.8) is 0 Å². The van der Waals surface area contributed by atoms with Crippen molar-refractivity contribution in [2.45, 2.75) is 10.9 Å². The molecule has 0 N–H and O–H groups in total. The zero-order valence-electron chi connectivity index (χ0n) is 21.3. The minimum absolute atomic E-state index is 0.114. The van der Waals surface area contributed by atoms with E-state index in [0.29, 0.717) is 30.4 Å². The van der Waals surface area contributed by atoms with E-state index >= 15 is 0 Å². The van der Waals surface area contributed by atoms with Crippen LogP contribution in [0.2, 0.25) is 0 Å². The number of para-hydroxylation sites is 1. The Morgan fingerprint density at radius 3 is 2.49 bits per heavy atom. The Balaban J connectivity index is 1.10. The minimum Gasteiger partial charge on any atom is -0.497 e. The molecule has 0 radical (unpaired) electrons. The minimum atomic E-state index is -0.114. The van der Waals surface area contributed by atoms with Gasteiger partial charge in [0.2, 0.25) is 5.89 Å². The van der Waals surface area contributed by atoms with Crippen molar-refractivity contribution in [1.82, 2.24) is 24.6 Å². The van der Waals surface area contributed by atoms with Crippen LogP contribution in [0.3, 0.4) is 0 Å². The van der Waals surface area contributed by atoms with Crippen LogP contribution >= 0.6 is 23.1 Å². The van der Waals surface area contributed by atoms with Gasteiger partial charge in [0, 0.05) is 37.6 Å². The summed E-state index contributed by atoms with van der Waals surface area (Å²) >= 11 is 3.09. The molecular formula is C28H26N6O3S2.